The van der Waals surface area contributed by atoms with Crippen LogP contribution in [0.25, 0.3) is 5.57 Å². The summed E-state index contributed by atoms with van der Waals surface area (Å²) in [7, 11) is 1.87. The molecule has 1 unspecified atom stereocenters. The zero-order valence-electron chi connectivity index (χ0n) is 15.2. The Bertz CT molecular complexity index is 972. The molecule has 0 amide bonds. The van der Waals surface area contributed by atoms with Crippen molar-refractivity contribution in [2.45, 2.75) is 12.3 Å². The molecule has 3 heteroatoms. The molecule has 0 aromatic heterocycles. The van der Waals surface area contributed by atoms with Gasteiger partial charge in [-0.2, -0.15) is 0 Å². The number of hydrogen-bond donors (Lipinski definition) is 1. The van der Waals surface area contributed by atoms with E-state index in [1.807, 2.05) is 79.8 Å². The Morgan fingerprint density at radius 1 is 1.00 bits per heavy atom. The maximum Gasteiger partial charge on any atom is 0.150 e. The molecular weight excluding hydrogens is 334 g/mol. The minimum Gasteiger partial charge on any atom is -0.388 e. The summed E-state index contributed by atoms with van der Waals surface area (Å²) in [5.41, 5.74) is 5.09. The fraction of sp³-hybridized carbons (Fsp3) is 0.125. The van der Waals surface area contributed by atoms with Crippen molar-refractivity contribution in [1.82, 2.24) is 0 Å². The second-order valence-electron chi connectivity index (χ2n) is 6.34. The van der Waals surface area contributed by atoms with Gasteiger partial charge in [0, 0.05) is 24.2 Å². The highest BCUT2D eigenvalue weighted by atomic mass is 16.1. The van der Waals surface area contributed by atoms with Crippen LogP contribution in [0.4, 0.5) is 5.69 Å². The summed E-state index contributed by atoms with van der Waals surface area (Å²) in [5.74, 6) is 2.00. The van der Waals surface area contributed by atoms with Gasteiger partial charge in [-0.05, 0) is 35.2 Å². The van der Waals surface area contributed by atoms with Crippen LogP contribution in [-0.4, -0.2) is 19.3 Å². The van der Waals surface area contributed by atoms with Crippen LogP contribution < -0.4 is 5.32 Å². The first-order valence-corrected chi connectivity index (χ1v) is 8.88. The zero-order valence-corrected chi connectivity index (χ0v) is 15.2. The molecule has 0 spiro atoms. The number of allylic oxidation sites excluding steroid dienone is 1. The average molecular weight is 355 g/mol. The fourth-order valence-corrected chi connectivity index (χ4v) is 3.37. The Balaban J connectivity index is 2.11. The summed E-state index contributed by atoms with van der Waals surface area (Å²) in [4.78, 5) is 23.1. The normalized spacial score (nSPS) is 11.3. The Morgan fingerprint density at radius 2 is 1.74 bits per heavy atom. The third kappa shape index (κ3) is 4.22. The number of carbonyl (C=O) groups is 1. The van der Waals surface area contributed by atoms with Gasteiger partial charge in [-0.3, -0.25) is 4.79 Å². The molecule has 0 bridgehead atoms. The van der Waals surface area contributed by atoms with Gasteiger partial charge in [-0.1, -0.05) is 66.7 Å². The highest BCUT2D eigenvalue weighted by Crippen LogP contribution is 2.37. The largest absolute Gasteiger partial charge is 0.388 e. The first kappa shape index (κ1) is 18.4. The molecule has 0 fully saturated rings. The molecule has 0 aliphatic rings. The summed E-state index contributed by atoms with van der Waals surface area (Å²) >= 11 is 0. The Labute approximate surface area is 159 Å². The van der Waals surface area contributed by atoms with Crippen molar-refractivity contribution in [3.05, 3.63) is 101 Å². The molecule has 0 aliphatic heterocycles. The van der Waals surface area contributed by atoms with Crippen LogP contribution >= 0.6 is 0 Å². The van der Waals surface area contributed by atoms with Gasteiger partial charge in [-0.25, -0.2) is 4.79 Å². The van der Waals surface area contributed by atoms with Crippen molar-refractivity contribution < 1.29 is 9.59 Å². The highest BCUT2D eigenvalue weighted by molar-refractivity contribution is 5.92. The second kappa shape index (κ2) is 8.79. The van der Waals surface area contributed by atoms with E-state index in [9.17, 15) is 9.59 Å². The molecule has 0 aliphatic carbocycles. The zero-order chi connectivity index (χ0) is 19.1. The van der Waals surface area contributed by atoms with Gasteiger partial charge in [0.15, 0.2) is 0 Å². The molecule has 3 aromatic rings. The highest BCUT2D eigenvalue weighted by Gasteiger charge is 2.22. The SMILES string of the molecule is CNc1ccccc1C(Cc1cccc(C=O)c1)C(=C=O)c1ccccc1. The number of nitrogens with one attached hydrogen (secondary N) is 1. The van der Waals surface area contributed by atoms with Crippen molar-refractivity contribution in [2.24, 2.45) is 0 Å². The number of hydrogen-bond acceptors (Lipinski definition) is 3. The molecule has 0 saturated heterocycles. The van der Waals surface area contributed by atoms with Crippen molar-refractivity contribution >= 4 is 23.5 Å². The lowest BCUT2D eigenvalue weighted by atomic mass is 9.82. The summed E-state index contributed by atoms with van der Waals surface area (Å²) in [6.45, 7) is 0. The van der Waals surface area contributed by atoms with Crippen molar-refractivity contribution in [3.8, 4) is 0 Å². The van der Waals surface area contributed by atoms with Gasteiger partial charge in [0.05, 0.1) is 5.57 Å². The lowest BCUT2D eigenvalue weighted by Gasteiger charge is -2.22. The maximum absolute atomic E-state index is 12.0. The fourth-order valence-electron chi connectivity index (χ4n) is 3.37. The number of carbonyl (C=O) groups excluding carboxylic acids is 2. The molecule has 0 radical (unpaired) electrons. The monoisotopic (exact) mass is 355 g/mol. The van der Waals surface area contributed by atoms with E-state index in [1.54, 1.807) is 6.07 Å². The first-order chi connectivity index (χ1) is 13.3. The Kier molecular flexibility index (Phi) is 5.98. The van der Waals surface area contributed by atoms with Crippen LogP contribution in [0, 0.1) is 0 Å². The molecule has 0 heterocycles. The molecule has 3 nitrogen and oxygen atoms in total. The summed E-state index contributed by atoms with van der Waals surface area (Å²) in [5, 5.41) is 3.22. The van der Waals surface area contributed by atoms with E-state index in [2.05, 4.69) is 11.3 Å². The van der Waals surface area contributed by atoms with E-state index in [4.69, 9.17) is 0 Å². The molecule has 1 atom stereocenters. The van der Waals surface area contributed by atoms with Gasteiger partial charge in [0.25, 0.3) is 0 Å². The van der Waals surface area contributed by atoms with Crippen LogP contribution in [0.5, 0.6) is 0 Å². The number of rotatable bonds is 7. The van der Waals surface area contributed by atoms with E-state index in [0.717, 1.165) is 28.7 Å². The lowest BCUT2D eigenvalue weighted by Crippen LogP contribution is -2.10. The van der Waals surface area contributed by atoms with Crippen LogP contribution in [0.2, 0.25) is 0 Å². The topological polar surface area (TPSA) is 46.2 Å². The molecule has 134 valence electrons. The van der Waals surface area contributed by atoms with Gasteiger partial charge >= 0.3 is 0 Å². The van der Waals surface area contributed by atoms with Gasteiger partial charge in [-0.15, -0.1) is 0 Å². The third-order valence-electron chi connectivity index (χ3n) is 4.68. The van der Waals surface area contributed by atoms with Gasteiger partial charge in [0.1, 0.15) is 12.2 Å². The molecule has 1 N–H and O–H groups in total. The Morgan fingerprint density at radius 3 is 2.44 bits per heavy atom. The van der Waals surface area contributed by atoms with Gasteiger partial charge in [0.2, 0.25) is 0 Å². The predicted molar refractivity (Wildman–Crippen MR) is 110 cm³/mol. The average Bonchev–Trinajstić information content (AvgIpc) is 2.74. The quantitative estimate of drug-likeness (QED) is 0.490. The van der Waals surface area contributed by atoms with E-state index in [1.165, 1.54) is 0 Å². The van der Waals surface area contributed by atoms with Crippen molar-refractivity contribution in [2.75, 3.05) is 12.4 Å². The number of benzene rings is 3. The lowest BCUT2D eigenvalue weighted by molar-refractivity contribution is 0.112. The van der Waals surface area contributed by atoms with Crippen LogP contribution in [-0.2, 0) is 11.2 Å². The molecule has 0 saturated carbocycles. The summed E-state index contributed by atoms with van der Waals surface area (Å²) in [6.07, 6.45) is 1.44. The van der Waals surface area contributed by atoms with Gasteiger partial charge < -0.3 is 5.32 Å². The van der Waals surface area contributed by atoms with Crippen molar-refractivity contribution in [1.29, 1.82) is 0 Å². The first-order valence-electron chi connectivity index (χ1n) is 8.88. The third-order valence-corrected chi connectivity index (χ3v) is 4.68. The second-order valence-corrected chi connectivity index (χ2v) is 6.34. The van der Waals surface area contributed by atoms with E-state index in [0.29, 0.717) is 17.6 Å². The van der Waals surface area contributed by atoms with Crippen molar-refractivity contribution in [3.63, 3.8) is 0 Å². The maximum atomic E-state index is 12.0. The van der Waals surface area contributed by atoms with E-state index >= 15 is 0 Å². The summed E-state index contributed by atoms with van der Waals surface area (Å²) in [6, 6.07) is 25.1. The number of para-hydroxylation sites is 1. The molecule has 3 aromatic carbocycles. The minimum atomic E-state index is -0.185. The number of anilines is 1. The number of aldehydes is 1. The standard InChI is InChI=1S/C24H21NO2/c1-25-24-13-6-5-12-21(24)22(15-18-8-7-9-19(14-18)16-26)23(17-27)20-10-3-2-4-11-20/h2-14,16,22,25H,15H2,1H3. The predicted octanol–water partition coefficient (Wildman–Crippen LogP) is 4.78. The summed E-state index contributed by atoms with van der Waals surface area (Å²) < 4.78 is 0. The smallest absolute Gasteiger partial charge is 0.150 e. The van der Waals surface area contributed by atoms with Crippen LogP contribution in [0.1, 0.15) is 33.0 Å². The molecular formula is C24H21NO2. The molecule has 3 rings (SSSR count). The van der Waals surface area contributed by atoms with E-state index in [-0.39, 0.29) is 5.92 Å². The Hall–Kier alpha value is -3.42. The minimum absolute atomic E-state index is 0.185. The van der Waals surface area contributed by atoms with E-state index < -0.39 is 0 Å². The van der Waals surface area contributed by atoms with Crippen LogP contribution in [0.15, 0.2) is 78.9 Å². The molecule has 27 heavy (non-hydrogen) atoms. The van der Waals surface area contributed by atoms with Crippen LogP contribution in [0.3, 0.4) is 0 Å².